The molecule has 35 heavy (non-hydrogen) atoms. The third-order valence-corrected chi connectivity index (χ3v) is 4.66. The van der Waals surface area contributed by atoms with E-state index < -0.39 is 35.4 Å². The highest BCUT2D eigenvalue weighted by Crippen LogP contribution is 2.18. The number of nitro benzene ring substituents is 1. The summed E-state index contributed by atoms with van der Waals surface area (Å²) in [5, 5.41) is 13.1. The Morgan fingerprint density at radius 2 is 1.34 bits per heavy atom. The second-order valence-corrected chi connectivity index (χ2v) is 7.28. The Morgan fingerprint density at radius 3 is 1.89 bits per heavy atom. The molecule has 1 atom stereocenters. The van der Waals surface area contributed by atoms with Crippen molar-refractivity contribution in [3.8, 4) is 5.75 Å². The van der Waals surface area contributed by atoms with Crippen LogP contribution in [0.1, 0.15) is 17.5 Å². The lowest BCUT2D eigenvalue weighted by Gasteiger charge is -2.17. The zero-order valence-electron chi connectivity index (χ0n) is 18.5. The molecule has 1 amide bonds. The largest absolute Gasteiger partial charge is 0.459 e. The minimum Gasteiger partial charge on any atom is -0.459 e. The molecular formula is C25H22N2O8. The van der Waals surface area contributed by atoms with E-state index in [1.165, 1.54) is 24.3 Å². The lowest BCUT2D eigenvalue weighted by molar-refractivity contribution is -0.384. The quantitative estimate of drug-likeness (QED) is 0.200. The van der Waals surface area contributed by atoms with Gasteiger partial charge in [-0.2, -0.15) is 0 Å². The van der Waals surface area contributed by atoms with Gasteiger partial charge in [0.15, 0.2) is 0 Å². The van der Waals surface area contributed by atoms with Gasteiger partial charge in [-0.1, -0.05) is 60.7 Å². The number of carbonyl (C=O) groups is 3. The van der Waals surface area contributed by atoms with E-state index >= 15 is 0 Å². The van der Waals surface area contributed by atoms with Crippen LogP contribution in [0.25, 0.3) is 0 Å². The van der Waals surface area contributed by atoms with Crippen LogP contribution >= 0.6 is 0 Å². The first kappa shape index (κ1) is 24.9. The predicted octanol–water partition coefficient (Wildman–Crippen LogP) is 3.93. The number of carbonyl (C=O) groups excluding carboxylic acids is 3. The van der Waals surface area contributed by atoms with E-state index in [9.17, 15) is 24.5 Å². The van der Waals surface area contributed by atoms with Crippen LogP contribution in [0, 0.1) is 10.1 Å². The molecule has 10 nitrogen and oxygen atoms in total. The van der Waals surface area contributed by atoms with Gasteiger partial charge >= 0.3 is 18.0 Å². The molecule has 0 aliphatic carbocycles. The standard InChI is InChI=1S/C25H22N2O8/c28-23(35-21-13-11-20(12-14-21)27(31)32)15-22(24(29)33-16-18-7-3-1-4-8-18)26-25(30)34-17-19-9-5-2-6-10-19/h1-14,22H,15-17H2,(H,26,30)/t22-/m0/s1. The van der Waals surface area contributed by atoms with Crippen molar-refractivity contribution in [1.29, 1.82) is 0 Å². The molecule has 0 saturated heterocycles. The molecule has 0 heterocycles. The smallest absolute Gasteiger partial charge is 0.408 e. The van der Waals surface area contributed by atoms with Crippen molar-refractivity contribution < 1.29 is 33.5 Å². The van der Waals surface area contributed by atoms with Crippen molar-refractivity contribution in [1.82, 2.24) is 5.32 Å². The van der Waals surface area contributed by atoms with Crippen LogP contribution in [0.4, 0.5) is 10.5 Å². The average molecular weight is 478 g/mol. The molecule has 0 aliphatic heterocycles. The van der Waals surface area contributed by atoms with E-state index in [-0.39, 0.29) is 24.7 Å². The van der Waals surface area contributed by atoms with Crippen molar-refractivity contribution in [2.75, 3.05) is 0 Å². The second kappa shape index (κ2) is 12.5. The molecule has 3 aromatic carbocycles. The third-order valence-electron chi connectivity index (χ3n) is 4.66. The first-order valence-corrected chi connectivity index (χ1v) is 10.5. The van der Waals surface area contributed by atoms with Crippen LogP contribution in [-0.4, -0.2) is 29.0 Å². The van der Waals surface area contributed by atoms with Crippen molar-refractivity contribution in [2.24, 2.45) is 0 Å². The molecule has 3 aromatic rings. The zero-order valence-corrected chi connectivity index (χ0v) is 18.5. The summed E-state index contributed by atoms with van der Waals surface area (Å²) < 4.78 is 15.5. The summed E-state index contributed by atoms with van der Waals surface area (Å²) in [5.74, 6) is -1.67. The summed E-state index contributed by atoms with van der Waals surface area (Å²) in [5.41, 5.74) is 1.29. The number of hydrogen-bond acceptors (Lipinski definition) is 8. The summed E-state index contributed by atoms with van der Waals surface area (Å²) in [6.45, 7) is -0.0972. The van der Waals surface area contributed by atoms with E-state index in [2.05, 4.69) is 5.32 Å². The number of hydrogen-bond donors (Lipinski definition) is 1. The predicted molar refractivity (Wildman–Crippen MR) is 123 cm³/mol. The topological polar surface area (TPSA) is 134 Å². The Kier molecular flexibility index (Phi) is 8.89. The van der Waals surface area contributed by atoms with Crippen LogP contribution in [-0.2, 0) is 32.3 Å². The van der Waals surface area contributed by atoms with E-state index in [1.54, 1.807) is 48.5 Å². The fraction of sp³-hybridized carbons (Fsp3) is 0.160. The average Bonchev–Trinajstić information content (AvgIpc) is 2.87. The number of non-ortho nitro benzene ring substituents is 1. The summed E-state index contributed by atoms with van der Waals surface area (Å²) in [7, 11) is 0. The molecule has 10 heteroatoms. The lowest BCUT2D eigenvalue weighted by Crippen LogP contribution is -2.44. The van der Waals surface area contributed by atoms with Crippen molar-refractivity contribution in [2.45, 2.75) is 25.7 Å². The Bertz CT molecular complexity index is 1150. The van der Waals surface area contributed by atoms with Gasteiger partial charge < -0.3 is 19.5 Å². The third kappa shape index (κ3) is 8.28. The summed E-state index contributed by atoms with van der Waals surface area (Å²) in [4.78, 5) is 47.5. The molecule has 0 fully saturated rings. The first-order valence-electron chi connectivity index (χ1n) is 10.5. The van der Waals surface area contributed by atoms with Crippen LogP contribution in [0.3, 0.4) is 0 Å². The van der Waals surface area contributed by atoms with E-state index in [0.717, 1.165) is 11.1 Å². The molecule has 0 aromatic heterocycles. The van der Waals surface area contributed by atoms with E-state index in [0.29, 0.717) is 0 Å². The molecule has 0 bridgehead atoms. The van der Waals surface area contributed by atoms with Gasteiger partial charge in [-0.05, 0) is 23.3 Å². The molecule has 0 aliphatic rings. The molecule has 0 spiro atoms. The Hall–Kier alpha value is -4.73. The number of amides is 1. The van der Waals surface area contributed by atoms with Gasteiger partial charge in [0.05, 0.1) is 11.3 Å². The highest BCUT2D eigenvalue weighted by atomic mass is 16.6. The summed E-state index contributed by atoms with van der Waals surface area (Å²) >= 11 is 0. The fourth-order valence-corrected chi connectivity index (χ4v) is 2.91. The van der Waals surface area contributed by atoms with Gasteiger partial charge in [0.2, 0.25) is 0 Å². The van der Waals surface area contributed by atoms with Crippen molar-refractivity contribution in [3.63, 3.8) is 0 Å². The van der Waals surface area contributed by atoms with Crippen molar-refractivity contribution in [3.05, 3.63) is 106 Å². The normalized spacial score (nSPS) is 11.1. The monoisotopic (exact) mass is 478 g/mol. The number of esters is 2. The minimum absolute atomic E-state index is 0.0360. The van der Waals surface area contributed by atoms with Crippen LogP contribution < -0.4 is 10.1 Å². The fourth-order valence-electron chi connectivity index (χ4n) is 2.91. The number of ether oxygens (including phenoxy) is 3. The summed E-state index contributed by atoms with van der Waals surface area (Å²) in [6, 6.07) is 21.3. The second-order valence-electron chi connectivity index (χ2n) is 7.28. The Balaban J connectivity index is 1.62. The van der Waals surface area contributed by atoms with Crippen LogP contribution in [0.15, 0.2) is 84.9 Å². The van der Waals surface area contributed by atoms with E-state index in [4.69, 9.17) is 14.2 Å². The number of nitro groups is 1. The molecule has 1 N–H and O–H groups in total. The van der Waals surface area contributed by atoms with Gasteiger partial charge in [0, 0.05) is 12.1 Å². The highest BCUT2D eigenvalue weighted by molar-refractivity contribution is 5.86. The Labute approximate surface area is 200 Å². The zero-order chi connectivity index (χ0) is 25.0. The maximum absolute atomic E-state index is 12.7. The van der Waals surface area contributed by atoms with Crippen LogP contribution in [0.5, 0.6) is 5.75 Å². The number of nitrogens with zero attached hydrogens (tertiary/aromatic N) is 1. The number of benzene rings is 3. The van der Waals surface area contributed by atoms with Gasteiger partial charge in [-0.15, -0.1) is 0 Å². The molecule has 0 unspecified atom stereocenters. The summed E-state index contributed by atoms with van der Waals surface area (Å²) in [6.07, 6.45) is -1.47. The maximum Gasteiger partial charge on any atom is 0.408 e. The highest BCUT2D eigenvalue weighted by Gasteiger charge is 2.27. The molecular weight excluding hydrogens is 456 g/mol. The first-order chi connectivity index (χ1) is 16.9. The van der Waals surface area contributed by atoms with Gasteiger partial charge in [-0.3, -0.25) is 14.9 Å². The molecule has 0 saturated carbocycles. The minimum atomic E-state index is -1.38. The number of nitrogens with one attached hydrogen (secondary N) is 1. The lowest BCUT2D eigenvalue weighted by atomic mass is 10.2. The number of alkyl carbamates (subject to hydrolysis) is 1. The maximum atomic E-state index is 12.7. The Morgan fingerprint density at radius 1 is 0.800 bits per heavy atom. The van der Waals surface area contributed by atoms with Gasteiger partial charge in [0.25, 0.3) is 5.69 Å². The van der Waals surface area contributed by atoms with Gasteiger partial charge in [0.1, 0.15) is 25.0 Å². The van der Waals surface area contributed by atoms with Crippen molar-refractivity contribution >= 4 is 23.7 Å². The van der Waals surface area contributed by atoms with Crippen LogP contribution in [0.2, 0.25) is 0 Å². The molecule has 0 radical (unpaired) electrons. The molecule has 3 rings (SSSR count). The van der Waals surface area contributed by atoms with Gasteiger partial charge in [-0.25, -0.2) is 9.59 Å². The molecule has 180 valence electrons. The van der Waals surface area contributed by atoms with E-state index in [1.807, 2.05) is 12.1 Å². The SMILES string of the molecule is O=C(C[C@H](NC(=O)OCc1ccccc1)C(=O)OCc1ccccc1)Oc1ccc([N+](=O)[O-])cc1. The number of rotatable bonds is 10.